The van der Waals surface area contributed by atoms with Crippen LogP contribution in [0.4, 0.5) is 0 Å². The van der Waals surface area contributed by atoms with Crippen LogP contribution in [0.25, 0.3) is 0 Å². The average Bonchev–Trinajstić information content (AvgIpc) is 2.58. The molecule has 0 fully saturated rings. The van der Waals surface area contributed by atoms with Gasteiger partial charge in [-0.25, -0.2) is 0 Å². The van der Waals surface area contributed by atoms with Gasteiger partial charge >= 0.3 is 0 Å². The van der Waals surface area contributed by atoms with E-state index in [4.69, 9.17) is 28.7 Å². The molecule has 0 bridgehead atoms. The molecular weight excluding hydrogens is 336 g/mol. The second-order valence-electron chi connectivity index (χ2n) is 8.56. The van der Waals surface area contributed by atoms with Crippen LogP contribution < -0.4 is 34.0 Å². The molecule has 0 aromatic carbocycles. The van der Waals surface area contributed by atoms with E-state index in [1.165, 1.54) is 25.7 Å². The molecule has 3 unspecified atom stereocenters. The smallest absolute Gasteiger partial charge is 0.0550 e. The lowest BCUT2D eigenvalue weighted by molar-refractivity contribution is 0.220. The number of unbranched alkanes of at least 4 members (excludes halogenated alkanes) is 4. The first kappa shape index (κ1) is 29.0. The van der Waals surface area contributed by atoms with Crippen molar-refractivity contribution in [3.63, 3.8) is 0 Å². The van der Waals surface area contributed by atoms with Crippen LogP contribution in [0.1, 0.15) is 91.9 Å². The summed E-state index contributed by atoms with van der Waals surface area (Å²) in [6.45, 7) is 11.3. The maximum absolute atomic E-state index is 6.17. The molecule has 166 valence electrons. The van der Waals surface area contributed by atoms with Crippen molar-refractivity contribution in [2.45, 2.75) is 110 Å². The first-order valence-corrected chi connectivity index (χ1v) is 11.1. The molecule has 0 rings (SSSR count). The van der Waals surface area contributed by atoms with E-state index in [-0.39, 0.29) is 17.7 Å². The van der Waals surface area contributed by atoms with Crippen LogP contribution in [0.3, 0.4) is 0 Å². The van der Waals surface area contributed by atoms with Gasteiger partial charge in [0.2, 0.25) is 0 Å². The van der Waals surface area contributed by atoms with Gasteiger partial charge in [-0.2, -0.15) is 0 Å². The minimum Gasteiger partial charge on any atom is -0.330 e. The third-order valence-electron chi connectivity index (χ3n) is 5.21. The van der Waals surface area contributed by atoms with Crippen molar-refractivity contribution >= 4 is 0 Å². The van der Waals surface area contributed by atoms with E-state index in [0.717, 1.165) is 58.2 Å². The SMILES string of the molecule is CC(N)CCCC(N)NC(C)(C)C(C)CCCCN.NCCCCCCN. The molecule has 0 aromatic heterocycles. The monoisotopic (exact) mass is 388 g/mol. The zero-order chi connectivity index (χ0) is 21.1. The highest BCUT2D eigenvalue weighted by Crippen LogP contribution is 2.22. The molecule has 0 aliphatic carbocycles. The Labute approximate surface area is 169 Å². The van der Waals surface area contributed by atoms with Crippen molar-refractivity contribution in [3.8, 4) is 0 Å². The molecule has 6 nitrogen and oxygen atoms in total. The lowest BCUT2D eigenvalue weighted by atomic mass is 9.84. The van der Waals surface area contributed by atoms with Gasteiger partial charge < -0.3 is 28.7 Å². The van der Waals surface area contributed by atoms with Crippen molar-refractivity contribution in [2.75, 3.05) is 19.6 Å². The summed E-state index contributed by atoms with van der Waals surface area (Å²) >= 11 is 0. The number of hydrogen-bond acceptors (Lipinski definition) is 6. The summed E-state index contributed by atoms with van der Waals surface area (Å²) in [7, 11) is 0. The summed E-state index contributed by atoms with van der Waals surface area (Å²) in [5.41, 5.74) is 28.1. The Balaban J connectivity index is 0. The third kappa shape index (κ3) is 20.3. The maximum atomic E-state index is 6.17. The Bertz CT molecular complexity index is 290. The van der Waals surface area contributed by atoms with Crippen LogP contribution in [-0.2, 0) is 0 Å². The summed E-state index contributed by atoms with van der Waals surface area (Å²) in [6.07, 6.45) is 11.5. The van der Waals surface area contributed by atoms with Crippen LogP contribution in [0.15, 0.2) is 0 Å². The van der Waals surface area contributed by atoms with Gasteiger partial charge in [0, 0.05) is 11.6 Å². The van der Waals surface area contributed by atoms with E-state index in [9.17, 15) is 0 Å². The lowest BCUT2D eigenvalue weighted by Gasteiger charge is -2.36. The first-order chi connectivity index (χ1) is 12.7. The number of hydrogen-bond donors (Lipinski definition) is 6. The molecule has 6 heteroatoms. The standard InChI is InChI=1S/C15H36N4.C6H16N2/c1-12(8-5-6-11-16)15(3,4)19-14(18)10-7-9-13(2)17;7-5-3-1-2-4-6-8/h12-14,19H,5-11,16-18H2,1-4H3;1-8H2. The van der Waals surface area contributed by atoms with Crippen LogP contribution in [0.2, 0.25) is 0 Å². The molecule has 3 atom stereocenters. The molecule has 0 saturated heterocycles. The van der Waals surface area contributed by atoms with Crippen LogP contribution in [0, 0.1) is 5.92 Å². The quantitative estimate of drug-likeness (QED) is 0.177. The first-order valence-electron chi connectivity index (χ1n) is 11.1. The number of nitrogens with two attached hydrogens (primary N) is 5. The molecule has 0 amide bonds. The van der Waals surface area contributed by atoms with E-state index < -0.39 is 0 Å². The van der Waals surface area contributed by atoms with E-state index in [1.54, 1.807) is 0 Å². The fraction of sp³-hybridized carbons (Fsp3) is 1.00. The summed E-state index contributed by atoms with van der Waals surface area (Å²) in [4.78, 5) is 0. The molecule has 0 radical (unpaired) electrons. The number of rotatable bonds is 16. The summed E-state index contributed by atoms with van der Waals surface area (Å²) < 4.78 is 0. The van der Waals surface area contributed by atoms with Crippen molar-refractivity contribution in [3.05, 3.63) is 0 Å². The Morgan fingerprint density at radius 1 is 0.667 bits per heavy atom. The van der Waals surface area contributed by atoms with Crippen molar-refractivity contribution in [1.82, 2.24) is 5.32 Å². The zero-order valence-corrected chi connectivity index (χ0v) is 18.8. The van der Waals surface area contributed by atoms with Crippen molar-refractivity contribution in [1.29, 1.82) is 0 Å². The molecule has 0 aliphatic rings. The van der Waals surface area contributed by atoms with E-state index in [2.05, 4.69) is 26.1 Å². The molecular formula is C21H52N6. The van der Waals surface area contributed by atoms with Gasteiger partial charge in [0.15, 0.2) is 0 Å². The molecule has 0 spiro atoms. The molecule has 0 aliphatic heterocycles. The number of nitrogens with one attached hydrogen (secondary N) is 1. The minimum absolute atomic E-state index is 0.0608. The molecule has 0 heterocycles. The topological polar surface area (TPSA) is 142 Å². The van der Waals surface area contributed by atoms with Gasteiger partial charge in [-0.15, -0.1) is 0 Å². The Morgan fingerprint density at radius 3 is 1.59 bits per heavy atom. The van der Waals surface area contributed by atoms with Crippen molar-refractivity contribution in [2.24, 2.45) is 34.6 Å². The molecule has 0 saturated carbocycles. The normalized spacial score (nSPS) is 15.0. The van der Waals surface area contributed by atoms with Gasteiger partial charge in [0.05, 0.1) is 6.17 Å². The Kier molecular flexibility index (Phi) is 20.5. The van der Waals surface area contributed by atoms with Gasteiger partial charge in [0.1, 0.15) is 0 Å². The summed E-state index contributed by atoms with van der Waals surface area (Å²) in [6, 6.07) is 0.274. The van der Waals surface area contributed by atoms with Gasteiger partial charge in [0.25, 0.3) is 0 Å². The fourth-order valence-electron chi connectivity index (χ4n) is 2.95. The lowest BCUT2D eigenvalue weighted by Crippen LogP contribution is -2.53. The maximum Gasteiger partial charge on any atom is 0.0550 e. The molecule has 0 aromatic rings. The van der Waals surface area contributed by atoms with Crippen LogP contribution in [-0.4, -0.2) is 37.4 Å². The van der Waals surface area contributed by atoms with Gasteiger partial charge in [-0.05, 0) is 91.3 Å². The minimum atomic E-state index is 0.0608. The van der Waals surface area contributed by atoms with E-state index >= 15 is 0 Å². The predicted octanol–water partition coefficient (Wildman–Crippen LogP) is 2.39. The largest absolute Gasteiger partial charge is 0.330 e. The highest BCUT2D eigenvalue weighted by Gasteiger charge is 2.26. The van der Waals surface area contributed by atoms with Crippen LogP contribution in [0.5, 0.6) is 0 Å². The Hall–Kier alpha value is -0.240. The summed E-state index contributed by atoms with van der Waals surface area (Å²) in [5.74, 6) is 0.596. The Morgan fingerprint density at radius 2 is 1.15 bits per heavy atom. The second-order valence-corrected chi connectivity index (χ2v) is 8.56. The van der Waals surface area contributed by atoms with Crippen LogP contribution >= 0.6 is 0 Å². The third-order valence-corrected chi connectivity index (χ3v) is 5.21. The van der Waals surface area contributed by atoms with E-state index in [0.29, 0.717) is 5.92 Å². The van der Waals surface area contributed by atoms with Gasteiger partial charge in [-0.1, -0.05) is 26.2 Å². The highest BCUT2D eigenvalue weighted by atomic mass is 15.1. The van der Waals surface area contributed by atoms with Gasteiger partial charge in [-0.3, -0.25) is 5.32 Å². The van der Waals surface area contributed by atoms with Crippen molar-refractivity contribution < 1.29 is 0 Å². The average molecular weight is 389 g/mol. The zero-order valence-electron chi connectivity index (χ0n) is 18.8. The second kappa shape index (κ2) is 19.1. The van der Waals surface area contributed by atoms with E-state index in [1.807, 2.05) is 6.92 Å². The molecule has 27 heavy (non-hydrogen) atoms. The summed E-state index contributed by atoms with van der Waals surface area (Å²) in [5, 5.41) is 3.56. The predicted molar refractivity (Wildman–Crippen MR) is 121 cm³/mol. The highest BCUT2D eigenvalue weighted by molar-refractivity contribution is 4.85. The fourth-order valence-corrected chi connectivity index (χ4v) is 2.95. The molecule has 11 N–H and O–H groups in total.